The van der Waals surface area contributed by atoms with Gasteiger partial charge in [-0.2, -0.15) is 0 Å². The summed E-state index contributed by atoms with van der Waals surface area (Å²) in [6.07, 6.45) is 0.981. The number of hydrogen-bond donors (Lipinski definition) is 1. The van der Waals surface area contributed by atoms with E-state index in [9.17, 15) is 4.57 Å². The number of rotatable bonds is 0. The second-order valence-corrected chi connectivity index (χ2v) is 5.02. The fraction of sp³-hybridized carbons (Fsp3) is 1.00. The van der Waals surface area contributed by atoms with Gasteiger partial charge in [0.15, 0.2) is 0 Å². The first-order valence-electron chi connectivity index (χ1n) is 3.82. The number of piperidine rings is 1. The van der Waals surface area contributed by atoms with Crippen molar-refractivity contribution in [1.29, 1.82) is 0 Å². The third kappa shape index (κ3) is 1.49. The van der Waals surface area contributed by atoms with Crippen LogP contribution in [0.15, 0.2) is 0 Å². The Labute approximate surface area is 65.8 Å². The lowest BCUT2D eigenvalue weighted by Crippen LogP contribution is -2.41. The minimum Gasteiger partial charge on any atom is -0.314 e. The Balaban J connectivity index is 2.09. The number of nitrogens with one attached hydrogen (secondary N) is 1. The van der Waals surface area contributed by atoms with E-state index in [1.54, 1.807) is 0 Å². The van der Waals surface area contributed by atoms with Crippen LogP contribution >= 0.6 is 7.60 Å². The lowest BCUT2D eigenvalue weighted by atomic mass is 10.1. The molecule has 64 valence electrons. The zero-order chi connectivity index (χ0) is 7.90. The van der Waals surface area contributed by atoms with E-state index in [-0.39, 0.29) is 12.2 Å². The van der Waals surface area contributed by atoms with Gasteiger partial charge in [0.2, 0.25) is 0 Å². The third-order valence-corrected chi connectivity index (χ3v) is 3.33. The molecule has 1 N–H and O–H groups in total. The van der Waals surface area contributed by atoms with Crippen LogP contribution in [0.4, 0.5) is 0 Å². The molecule has 4 nitrogen and oxygen atoms in total. The van der Waals surface area contributed by atoms with Gasteiger partial charge in [-0.15, -0.1) is 0 Å². The van der Waals surface area contributed by atoms with Gasteiger partial charge in [0, 0.05) is 13.2 Å². The van der Waals surface area contributed by atoms with Crippen molar-refractivity contribution in [2.24, 2.45) is 0 Å². The topological polar surface area (TPSA) is 47.6 Å². The van der Waals surface area contributed by atoms with E-state index in [1.807, 2.05) is 0 Å². The highest BCUT2D eigenvalue weighted by Crippen LogP contribution is 2.53. The van der Waals surface area contributed by atoms with Crippen LogP contribution in [0.1, 0.15) is 6.42 Å². The van der Waals surface area contributed by atoms with Crippen LogP contribution < -0.4 is 5.32 Å². The summed E-state index contributed by atoms with van der Waals surface area (Å²) in [5, 5.41) is 3.17. The second-order valence-electron chi connectivity index (χ2n) is 3.05. The Morgan fingerprint density at radius 2 is 2.18 bits per heavy atom. The molecule has 0 spiro atoms. The van der Waals surface area contributed by atoms with Crippen LogP contribution in [-0.2, 0) is 13.6 Å². The highest BCUT2D eigenvalue weighted by molar-refractivity contribution is 7.53. The predicted molar refractivity (Wildman–Crippen MR) is 40.8 cm³/mol. The first kappa shape index (κ1) is 7.74. The van der Waals surface area contributed by atoms with Gasteiger partial charge in [-0.25, -0.2) is 0 Å². The Morgan fingerprint density at radius 3 is 2.91 bits per heavy atom. The summed E-state index contributed by atoms with van der Waals surface area (Å²) in [6, 6.07) is 0. The molecule has 11 heavy (non-hydrogen) atoms. The molecule has 5 heteroatoms. The zero-order valence-corrected chi connectivity index (χ0v) is 7.34. The van der Waals surface area contributed by atoms with Crippen molar-refractivity contribution < 1.29 is 13.6 Å². The average Bonchev–Trinajstić information content (AvgIpc) is 2.21. The summed E-state index contributed by atoms with van der Waals surface area (Å²) in [6.45, 7) is 3.23. The van der Waals surface area contributed by atoms with Gasteiger partial charge < -0.3 is 14.4 Å². The Hall–Kier alpha value is 0.110. The van der Waals surface area contributed by atoms with E-state index in [0.29, 0.717) is 0 Å². The van der Waals surface area contributed by atoms with Gasteiger partial charge in [-0.05, 0) is 13.0 Å². The molecule has 2 aliphatic rings. The molecule has 2 fully saturated rings. The first-order chi connectivity index (χ1) is 5.17. The Morgan fingerprint density at radius 1 is 1.45 bits per heavy atom. The Bertz CT molecular complexity index is 190. The minimum absolute atomic E-state index is 0.0135. The molecule has 0 saturated carbocycles. The molecule has 0 aromatic carbocycles. The summed E-state index contributed by atoms with van der Waals surface area (Å²) in [4.78, 5) is 0. The summed E-state index contributed by atoms with van der Waals surface area (Å²) < 4.78 is 21.8. The predicted octanol–water partition coefficient (Wildman–Crippen LogP) is 0.587. The van der Waals surface area contributed by atoms with Gasteiger partial charge in [0.25, 0.3) is 0 Å². The van der Waals surface area contributed by atoms with E-state index in [0.717, 1.165) is 19.5 Å². The smallest absolute Gasteiger partial charge is 0.314 e. The van der Waals surface area contributed by atoms with Crippen molar-refractivity contribution in [3.63, 3.8) is 0 Å². The van der Waals surface area contributed by atoms with E-state index < -0.39 is 7.60 Å². The SMILES string of the molecule is CP1(=O)OC2CCNCC2O1. The highest BCUT2D eigenvalue weighted by Gasteiger charge is 2.41. The van der Waals surface area contributed by atoms with Crippen molar-refractivity contribution in [3.8, 4) is 0 Å². The summed E-state index contributed by atoms with van der Waals surface area (Å²) in [5.41, 5.74) is 0. The van der Waals surface area contributed by atoms with Crippen LogP contribution in [0.5, 0.6) is 0 Å². The van der Waals surface area contributed by atoms with Crippen LogP contribution in [0.25, 0.3) is 0 Å². The molecular weight excluding hydrogens is 165 g/mol. The quantitative estimate of drug-likeness (QED) is 0.550. The molecule has 2 heterocycles. The Kier molecular flexibility index (Phi) is 1.80. The normalized spacial score (nSPS) is 50.6. The highest BCUT2D eigenvalue weighted by atomic mass is 31.2. The lowest BCUT2D eigenvalue weighted by Gasteiger charge is -2.21. The van der Waals surface area contributed by atoms with Crippen molar-refractivity contribution in [3.05, 3.63) is 0 Å². The molecule has 0 aromatic heterocycles. The van der Waals surface area contributed by atoms with Crippen LogP contribution in [0.2, 0.25) is 0 Å². The maximum absolute atomic E-state index is 11.3. The van der Waals surface area contributed by atoms with Crippen molar-refractivity contribution in [1.82, 2.24) is 5.32 Å². The molecule has 0 aliphatic carbocycles. The molecule has 3 atom stereocenters. The minimum atomic E-state index is -2.69. The molecule has 2 rings (SSSR count). The van der Waals surface area contributed by atoms with Crippen molar-refractivity contribution in [2.45, 2.75) is 18.6 Å². The maximum atomic E-state index is 11.3. The molecule has 0 aromatic rings. The molecule has 0 bridgehead atoms. The molecular formula is C6H12NO3P. The summed E-state index contributed by atoms with van der Waals surface area (Å²) in [5.74, 6) is 0. The molecule has 3 unspecified atom stereocenters. The monoisotopic (exact) mass is 177 g/mol. The largest absolute Gasteiger partial charge is 0.328 e. The fourth-order valence-electron chi connectivity index (χ4n) is 1.55. The molecule has 2 aliphatic heterocycles. The molecule has 0 amide bonds. The van der Waals surface area contributed by atoms with Crippen LogP contribution in [0.3, 0.4) is 0 Å². The van der Waals surface area contributed by atoms with Gasteiger partial charge in [0.1, 0.15) is 6.10 Å². The standard InChI is InChI=1S/C6H12NO3P/c1-11(8)9-5-2-3-7-4-6(5)10-11/h5-7H,2-4H2,1H3. The number of hydrogen-bond acceptors (Lipinski definition) is 4. The molecule has 0 radical (unpaired) electrons. The van der Waals surface area contributed by atoms with E-state index in [4.69, 9.17) is 9.05 Å². The van der Waals surface area contributed by atoms with Crippen LogP contribution in [0, 0.1) is 0 Å². The van der Waals surface area contributed by atoms with E-state index in [1.165, 1.54) is 6.66 Å². The van der Waals surface area contributed by atoms with Crippen molar-refractivity contribution >= 4 is 7.60 Å². The van der Waals surface area contributed by atoms with Gasteiger partial charge >= 0.3 is 7.60 Å². The second kappa shape index (κ2) is 2.56. The lowest BCUT2D eigenvalue weighted by molar-refractivity contribution is 0.122. The van der Waals surface area contributed by atoms with E-state index >= 15 is 0 Å². The maximum Gasteiger partial charge on any atom is 0.328 e. The van der Waals surface area contributed by atoms with Gasteiger partial charge in [-0.1, -0.05) is 0 Å². The summed E-state index contributed by atoms with van der Waals surface area (Å²) >= 11 is 0. The van der Waals surface area contributed by atoms with Gasteiger partial charge in [-0.3, -0.25) is 4.57 Å². The van der Waals surface area contributed by atoms with Crippen molar-refractivity contribution in [2.75, 3.05) is 19.8 Å². The third-order valence-electron chi connectivity index (χ3n) is 2.02. The van der Waals surface area contributed by atoms with Crippen LogP contribution in [-0.4, -0.2) is 32.0 Å². The first-order valence-corrected chi connectivity index (χ1v) is 5.81. The zero-order valence-electron chi connectivity index (χ0n) is 6.45. The number of fused-ring (bicyclic) bond motifs is 1. The summed E-state index contributed by atoms with van der Waals surface area (Å²) in [7, 11) is -2.69. The van der Waals surface area contributed by atoms with Gasteiger partial charge in [0.05, 0.1) is 6.10 Å². The fourth-order valence-corrected chi connectivity index (χ4v) is 3.03. The average molecular weight is 177 g/mol. The molecule has 2 saturated heterocycles. The van der Waals surface area contributed by atoms with E-state index in [2.05, 4.69) is 5.32 Å².